The Balaban J connectivity index is 2.32. The lowest BCUT2D eigenvalue weighted by atomic mass is 10.2. The van der Waals surface area contributed by atoms with E-state index >= 15 is 0 Å². The number of rotatable bonds is 6. The molecule has 0 aromatic heterocycles. The van der Waals surface area contributed by atoms with Crippen LogP contribution in [0.2, 0.25) is 0 Å². The molecule has 0 radical (unpaired) electrons. The second-order valence-electron chi connectivity index (χ2n) is 5.26. The Kier molecular flexibility index (Phi) is 7.36. The molecule has 1 aliphatic rings. The van der Waals surface area contributed by atoms with Crippen LogP contribution in [0.5, 0.6) is 0 Å². The Hall–Kier alpha value is -1.30. The number of aliphatic imine (C=N–C) groups is 1. The van der Waals surface area contributed by atoms with Gasteiger partial charge in [-0.1, -0.05) is 13.8 Å². The molecule has 1 atom stereocenters. The summed E-state index contributed by atoms with van der Waals surface area (Å²) in [7, 11) is 1.75. The van der Waals surface area contributed by atoms with Crippen LogP contribution in [0.15, 0.2) is 4.99 Å². The van der Waals surface area contributed by atoms with Gasteiger partial charge in [-0.05, 0) is 13.3 Å². The maximum absolute atomic E-state index is 11.9. The summed E-state index contributed by atoms with van der Waals surface area (Å²) in [6, 6.07) is 0.274. The van der Waals surface area contributed by atoms with Crippen LogP contribution in [0.25, 0.3) is 0 Å². The average molecular weight is 284 g/mol. The molecule has 1 aliphatic heterocycles. The van der Waals surface area contributed by atoms with Gasteiger partial charge in [0.2, 0.25) is 5.91 Å². The largest absolute Gasteiger partial charge is 0.380 e. The number of amides is 1. The fourth-order valence-corrected chi connectivity index (χ4v) is 2.22. The Morgan fingerprint density at radius 2 is 2.25 bits per heavy atom. The molecule has 0 aliphatic carbocycles. The molecule has 0 aromatic carbocycles. The standard InChI is InChI=1S/C14H28N4O2/c1-5-20-9-7-16-14(15-4)17-12-6-8-18(10-12)13(19)11(2)3/h11-12H,5-10H2,1-4H3,(H2,15,16,17). The average Bonchev–Trinajstić information content (AvgIpc) is 2.89. The molecule has 1 fully saturated rings. The van der Waals surface area contributed by atoms with Crippen LogP contribution in [0.3, 0.4) is 0 Å². The van der Waals surface area contributed by atoms with Crippen LogP contribution in [-0.4, -0.2) is 62.7 Å². The third kappa shape index (κ3) is 5.36. The van der Waals surface area contributed by atoms with E-state index in [0.717, 1.165) is 38.6 Å². The van der Waals surface area contributed by atoms with Gasteiger partial charge in [-0.15, -0.1) is 0 Å². The van der Waals surface area contributed by atoms with E-state index < -0.39 is 0 Å². The molecule has 0 aromatic rings. The zero-order valence-electron chi connectivity index (χ0n) is 13.1. The first kappa shape index (κ1) is 16.8. The van der Waals surface area contributed by atoms with Crippen LogP contribution in [-0.2, 0) is 9.53 Å². The van der Waals surface area contributed by atoms with E-state index in [0.29, 0.717) is 6.61 Å². The van der Waals surface area contributed by atoms with Crippen LogP contribution in [0, 0.1) is 5.92 Å². The lowest BCUT2D eigenvalue weighted by Gasteiger charge is -2.20. The Morgan fingerprint density at radius 3 is 2.85 bits per heavy atom. The molecular formula is C14H28N4O2. The van der Waals surface area contributed by atoms with E-state index in [1.165, 1.54) is 0 Å². The first-order chi connectivity index (χ1) is 9.58. The molecule has 1 saturated heterocycles. The lowest BCUT2D eigenvalue weighted by Crippen LogP contribution is -2.46. The summed E-state index contributed by atoms with van der Waals surface area (Å²) in [6.07, 6.45) is 0.963. The number of likely N-dealkylation sites (tertiary alicyclic amines) is 1. The van der Waals surface area contributed by atoms with Crippen LogP contribution < -0.4 is 10.6 Å². The zero-order chi connectivity index (χ0) is 15.0. The number of nitrogens with zero attached hydrogens (tertiary/aromatic N) is 2. The van der Waals surface area contributed by atoms with Gasteiger partial charge < -0.3 is 20.3 Å². The van der Waals surface area contributed by atoms with Crippen molar-refractivity contribution in [1.82, 2.24) is 15.5 Å². The SMILES string of the molecule is CCOCCNC(=NC)NC1CCN(C(=O)C(C)C)C1. The number of ether oxygens (including phenoxy) is 1. The summed E-state index contributed by atoms with van der Waals surface area (Å²) in [5, 5.41) is 6.56. The molecule has 0 spiro atoms. The van der Waals surface area contributed by atoms with Crippen molar-refractivity contribution in [3.63, 3.8) is 0 Å². The molecule has 20 heavy (non-hydrogen) atoms. The van der Waals surface area contributed by atoms with E-state index in [9.17, 15) is 4.79 Å². The molecule has 1 rings (SSSR count). The summed E-state index contributed by atoms with van der Waals surface area (Å²) < 4.78 is 5.28. The smallest absolute Gasteiger partial charge is 0.225 e. The molecular weight excluding hydrogens is 256 g/mol. The van der Waals surface area contributed by atoms with Crippen LogP contribution >= 0.6 is 0 Å². The fourth-order valence-electron chi connectivity index (χ4n) is 2.22. The number of nitrogens with one attached hydrogen (secondary N) is 2. The van der Waals surface area contributed by atoms with Gasteiger partial charge in [-0.3, -0.25) is 9.79 Å². The normalized spacial score (nSPS) is 19.6. The predicted octanol–water partition coefficient (Wildman–Crippen LogP) is 0.445. The Morgan fingerprint density at radius 1 is 1.50 bits per heavy atom. The first-order valence-electron chi connectivity index (χ1n) is 7.42. The minimum atomic E-state index is 0.0670. The highest BCUT2D eigenvalue weighted by Gasteiger charge is 2.27. The van der Waals surface area contributed by atoms with Gasteiger partial charge in [-0.2, -0.15) is 0 Å². The zero-order valence-corrected chi connectivity index (χ0v) is 13.1. The number of hydrogen-bond donors (Lipinski definition) is 2. The van der Waals surface area contributed by atoms with Crippen molar-refractivity contribution < 1.29 is 9.53 Å². The van der Waals surface area contributed by atoms with Crippen molar-refractivity contribution in [2.24, 2.45) is 10.9 Å². The van der Waals surface area contributed by atoms with Gasteiger partial charge in [0.25, 0.3) is 0 Å². The van der Waals surface area contributed by atoms with Gasteiger partial charge in [0.15, 0.2) is 5.96 Å². The first-order valence-corrected chi connectivity index (χ1v) is 7.42. The van der Waals surface area contributed by atoms with E-state index in [2.05, 4.69) is 15.6 Å². The number of guanidine groups is 1. The number of carbonyl (C=O) groups excluding carboxylic acids is 1. The van der Waals surface area contributed by atoms with Crippen molar-refractivity contribution in [2.75, 3.05) is 39.9 Å². The molecule has 1 unspecified atom stereocenters. The van der Waals surface area contributed by atoms with E-state index in [4.69, 9.17) is 4.74 Å². The van der Waals surface area contributed by atoms with E-state index in [1.54, 1.807) is 7.05 Å². The highest BCUT2D eigenvalue weighted by Crippen LogP contribution is 2.12. The molecule has 0 bridgehead atoms. The van der Waals surface area contributed by atoms with Crippen LogP contribution in [0.4, 0.5) is 0 Å². The maximum Gasteiger partial charge on any atom is 0.225 e. The summed E-state index contributed by atoms with van der Waals surface area (Å²) in [6.45, 7) is 9.56. The number of carbonyl (C=O) groups is 1. The lowest BCUT2D eigenvalue weighted by molar-refractivity contribution is -0.133. The van der Waals surface area contributed by atoms with Crippen molar-refractivity contribution in [1.29, 1.82) is 0 Å². The monoisotopic (exact) mass is 284 g/mol. The summed E-state index contributed by atoms with van der Waals surface area (Å²) in [5.74, 6) is 1.07. The Bertz CT molecular complexity index is 331. The molecule has 0 saturated carbocycles. The molecule has 1 amide bonds. The minimum absolute atomic E-state index is 0.0670. The van der Waals surface area contributed by atoms with Crippen molar-refractivity contribution in [3.05, 3.63) is 0 Å². The van der Waals surface area contributed by atoms with Crippen molar-refractivity contribution in [2.45, 2.75) is 33.2 Å². The van der Waals surface area contributed by atoms with Gasteiger partial charge in [0, 0.05) is 45.2 Å². The molecule has 2 N–H and O–H groups in total. The quantitative estimate of drug-likeness (QED) is 0.422. The van der Waals surface area contributed by atoms with Crippen LogP contribution in [0.1, 0.15) is 27.2 Å². The van der Waals surface area contributed by atoms with Gasteiger partial charge in [0.05, 0.1) is 6.61 Å². The summed E-state index contributed by atoms with van der Waals surface area (Å²) in [4.78, 5) is 18.0. The molecule has 1 heterocycles. The maximum atomic E-state index is 11.9. The second kappa shape index (κ2) is 8.79. The molecule has 116 valence electrons. The van der Waals surface area contributed by atoms with E-state index in [1.807, 2.05) is 25.7 Å². The topological polar surface area (TPSA) is 66.0 Å². The summed E-state index contributed by atoms with van der Waals surface area (Å²) >= 11 is 0. The highest BCUT2D eigenvalue weighted by molar-refractivity contribution is 5.81. The van der Waals surface area contributed by atoms with Gasteiger partial charge in [-0.25, -0.2) is 0 Å². The molecule has 6 heteroatoms. The number of hydrogen-bond acceptors (Lipinski definition) is 3. The van der Waals surface area contributed by atoms with E-state index in [-0.39, 0.29) is 17.9 Å². The Labute approximate surface area is 122 Å². The molecule has 6 nitrogen and oxygen atoms in total. The predicted molar refractivity (Wildman–Crippen MR) is 80.8 cm³/mol. The third-order valence-corrected chi connectivity index (χ3v) is 3.30. The minimum Gasteiger partial charge on any atom is -0.380 e. The summed E-state index contributed by atoms with van der Waals surface area (Å²) in [5.41, 5.74) is 0. The fraction of sp³-hybridized carbons (Fsp3) is 0.857. The van der Waals surface area contributed by atoms with Crippen molar-refractivity contribution in [3.8, 4) is 0 Å². The van der Waals surface area contributed by atoms with Crippen molar-refractivity contribution >= 4 is 11.9 Å². The third-order valence-electron chi connectivity index (χ3n) is 3.30. The van der Waals surface area contributed by atoms with Gasteiger partial charge >= 0.3 is 0 Å². The van der Waals surface area contributed by atoms with Gasteiger partial charge in [0.1, 0.15) is 0 Å². The second-order valence-corrected chi connectivity index (χ2v) is 5.26. The highest BCUT2D eigenvalue weighted by atomic mass is 16.5.